The molecule has 1 N–H and O–H groups in total. The van der Waals surface area contributed by atoms with E-state index < -0.39 is 0 Å². The Hall–Kier alpha value is -3.32. The van der Waals surface area contributed by atoms with Crippen molar-refractivity contribution in [1.29, 1.82) is 0 Å². The minimum atomic E-state index is -0.175. The number of anilines is 1. The van der Waals surface area contributed by atoms with E-state index in [1.807, 2.05) is 57.1 Å². The Balaban J connectivity index is 1.54. The van der Waals surface area contributed by atoms with Gasteiger partial charge in [0.25, 0.3) is 0 Å². The highest BCUT2D eigenvalue weighted by Crippen LogP contribution is 2.42. The number of hydrogen-bond acceptors (Lipinski definition) is 7. The molecule has 34 heavy (non-hydrogen) atoms. The van der Waals surface area contributed by atoms with Crippen LogP contribution in [0.1, 0.15) is 46.8 Å². The Labute approximate surface area is 200 Å². The van der Waals surface area contributed by atoms with Crippen molar-refractivity contribution in [3.63, 3.8) is 0 Å². The van der Waals surface area contributed by atoms with Crippen molar-refractivity contribution in [3.05, 3.63) is 58.3 Å². The van der Waals surface area contributed by atoms with Gasteiger partial charge in [-0.15, -0.1) is 0 Å². The highest BCUT2D eigenvalue weighted by atomic mass is 16.5. The number of nitrogens with zero attached hydrogens (tertiary/aromatic N) is 2. The lowest BCUT2D eigenvalue weighted by atomic mass is 9.95. The Kier molecular flexibility index (Phi) is 6.93. The van der Waals surface area contributed by atoms with Gasteiger partial charge in [0.15, 0.2) is 5.76 Å². The van der Waals surface area contributed by atoms with Crippen LogP contribution in [0.15, 0.2) is 36.1 Å². The molecule has 1 fully saturated rings. The van der Waals surface area contributed by atoms with Gasteiger partial charge in [-0.25, -0.2) is 0 Å². The number of rotatable bonds is 6. The van der Waals surface area contributed by atoms with Gasteiger partial charge in [0, 0.05) is 26.3 Å². The molecule has 2 aromatic rings. The highest BCUT2D eigenvalue weighted by Gasteiger charge is 2.34. The summed E-state index contributed by atoms with van der Waals surface area (Å²) in [6, 6.07) is 9.50. The van der Waals surface area contributed by atoms with Gasteiger partial charge in [-0.3, -0.25) is 14.5 Å². The van der Waals surface area contributed by atoms with E-state index >= 15 is 0 Å². The van der Waals surface area contributed by atoms with E-state index in [2.05, 4.69) is 4.90 Å². The summed E-state index contributed by atoms with van der Waals surface area (Å²) in [6.45, 7) is 5.88. The predicted octanol–water partition coefficient (Wildman–Crippen LogP) is 4.16. The summed E-state index contributed by atoms with van der Waals surface area (Å²) >= 11 is 0. The van der Waals surface area contributed by atoms with Gasteiger partial charge in [-0.05, 0) is 75.2 Å². The molecule has 7 heteroatoms. The average Bonchev–Trinajstić information content (AvgIpc) is 3.13. The van der Waals surface area contributed by atoms with Crippen molar-refractivity contribution in [3.8, 4) is 11.5 Å². The zero-order valence-electron chi connectivity index (χ0n) is 20.3. The van der Waals surface area contributed by atoms with E-state index in [0.29, 0.717) is 61.5 Å². The minimum absolute atomic E-state index is 0.0835. The summed E-state index contributed by atoms with van der Waals surface area (Å²) in [5.41, 5.74) is 3.74. The third-order valence-corrected chi connectivity index (χ3v) is 6.52. The summed E-state index contributed by atoms with van der Waals surface area (Å²) in [6.07, 6.45) is 3.16. The second kappa shape index (κ2) is 9.89. The molecule has 2 aliphatic heterocycles. The summed E-state index contributed by atoms with van der Waals surface area (Å²) < 4.78 is 11.2. The van der Waals surface area contributed by atoms with Crippen LogP contribution in [0.4, 0.5) is 5.69 Å². The number of aryl methyl sites for hydroxylation is 1. The number of fused-ring (bicyclic) bond motifs is 1. The number of likely N-dealkylation sites (tertiary alicyclic amines) is 1. The maximum absolute atomic E-state index is 13.2. The first-order valence-corrected chi connectivity index (χ1v) is 11.7. The number of Topliss-reactive ketones (excluding diaryl/α,β-unsaturated/α-hetero) is 1. The maximum atomic E-state index is 13.2. The molecule has 0 spiro atoms. The molecule has 0 aromatic heterocycles. The number of carbonyl (C=O) groups is 2. The van der Waals surface area contributed by atoms with Gasteiger partial charge in [-0.2, -0.15) is 0 Å². The van der Waals surface area contributed by atoms with E-state index in [0.717, 1.165) is 11.3 Å². The maximum Gasteiger partial charge on any atom is 0.309 e. The van der Waals surface area contributed by atoms with Crippen molar-refractivity contribution >= 4 is 23.5 Å². The molecule has 7 nitrogen and oxygen atoms in total. The lowest BCUT2D eigenvalue weighted by Gasteiger charge is -2.31. The first-order chi connectivity index (χ1) is 16.3. The van der Waals surface area contributed by atoms with E-state index in [-0.39, 0.29) is 29.2 Å². The van der Waals surface area contributed by atoms with Crippen LogP contribution >= 0.6 is 0 Å². The molecule has 4 rings (SSSR count). The standard InChI is InChI=1S/C27H32N2O5/c1-5-33-27(32)19-10-12-29(13-11-19)16-21-22(30)14-17(2)24-25(31)23(34-26(21)24)15-18-6-8-20(9-7-18)28(3)4/h6-9,14-15,19,30H,5,10-13,16H2,1-4H3/b23-15+. The van der Waals surface area contributed by atoms with E-state index in [4.69, 9.17) is 9.47 Å². The fourth-order valence-electron chi connectivity index (χ4n) is 4.56. The number of ketones is 1. The molecule has 0 saturated carbocycles. The third kappa shape index (κ3) is 4.80. The second-order valence-electron chi connectivity index (χ2n) is 9.12. The molecule has 2 heterocycles. The van der Waals surface area contributed by atoms with Gasteiger partial charge in [0.1, 0.15) is 11.5 Å². The molecule has 180 valence electrons. The fourth-order valence-corrected chi connectivity index (χ4v) is 4.56. The molecular formula is C27H32N2O5. The molecule has 1 saturated heterocycles. The first kappa shape index (κ1) is 23.8. The quantitative estimate of drug-likeness (QED) is 0.508. The molecule has 0 atom stereocenters. The molecular weight excluding hydrogens is 432 g/mol. The highest BCUT2D eigenvalue weighted by molar-refractivity contribution is 6.15. The Bertz CT molecular complexity index is 1110. The number of carbonyl (C=O) groups excluding carboxylic acids is 2. The summed E-state index contributed by atoms with van der Waals surface area (Å²) in [5, 5.41) is 10.7. The van der Waals surface area contributed by atoms with Gasteiger partial charge in [0.2, 0.25) is 5.78 Å². The van der Waals surface area contributed by atoms with Crippen LogP contribution in [0.25, 0.3) is 6.08 Å². The van der Waals surface area contributed by atoms with Gasteiger partial charge in [-0.1, -0.05) is 12.1 Å². The fraction of sp³-hybridized carbons (Fsp3) is 0.407. The summed E-state index contributed by atoms with van der Waals surface area (Å²) in [7, 11) is 3.95. The van der Waals surface area contributed by atoms with Crippen LogP contribution in [0, 0.1) is 12.8 Å². The monoisotopic (exact) mass is 464 g/mol. The number of hydrogen-bond donors (Lipinski definition) is 1. The second-order valence-corrected chi connectivity index (χ2v) is 9.12. The van der Waals surface area contributed by atoms with Crippen molar-refractivity contribution in [2.75, 3.05) is 38.7 Å². The number of phenols is 1. The summed E-state index contributed by atoms with van der Waals surface area (Å²) in [4.78, 5) is 29.4. The number of piperidine rings is 1. The first-order valence-electron chi connectivity index (χ1n) is 11.7. The molecule has 0 amide bonds. The molecule has 0 unspecified atom stereocenters. The van der Waals surface area contributed by atoms with Crippen molar-refractivity contribution in [2.45, 2.75) is 33.2 Å². The number of benzene rings is 2. The Morgan fingerprint density at radius 2 is 1.91 bits per heavy atom. The Morgan fingerprint density at radius 1 is 1.24 bits per heavy atom. The minimum Gasteiger partial charge on any atom is -0.507 e. The topological polar surface area (TPSA) is 79.3 Å². The van der Waals surface area contributed by atoms with Crippen molar-refractivity contribution in [2.24, 2.45) is 5.92 Å². The third-order valence-electron chi connectivity index (χ3n) is 6.52. The SMILES string of the molecule is CCOC(=O)C1CCN(Cc2c(O)cc(C)c3c2O/C(=C/c2ccc(N(C)C)cc2)C3=O)CC1. The van der Waals surface area contributed by atoms with Gasteiger partial charge in [0.05, 0.1) is 23.7 Å². The number of esters is 1. The lowest BCUT2D eigenvalue weighted by molar-refractivity contribution is -0.149. The van der Waals surface area contributed by atoms with Crippen LogP contribution in [0.3, 0.4) is 0 Å². The lowest BCUT2D eigenvalue weighted by Crippen LogP contribution is -2.36. The summed E-state index contributed by atoms with van der Waals surface area (Å²) in [5.74, 6) is 0.415. The van der Waals surface area contributed by atoms with Crippen LogP contribution < -0.4 is 9.64 Å². The molecule has 2 aromatic carbocycles. The van der Waals surface area contributed by atoms with Crippen molar-refractivity contribution < 1.29 is 24.2 Å². The Morgan fingerprint density at radius 3 is 2.53 bits per heavy atom. The predicted molar refractivity (Wildman–Crippen MR) is 131 cm³/mol. The largest absolute Gasteiger partial charge is 0.507 e. The van der Waals surface area contributed by atoms with Crippen LogP contribution in [0.2, 0.25) is 0 Å². The van der Waals surface area contributed by atoms with Crippen LogP contribution in [-0.4, -0.2) is 55.6 Å². The molecule has 0 bridgehead atoms. The van der Waals surface area contributed by atoms with Crippen LogP contribution in [0.5, 0.6) is 11.5 Å². The van der Waals surface area contributed by atoms with E-state index in [1.165, 1.54) is 0 Å². The van der Waals surface area contributed by atoms with E-state index in [1.54, 1.807) is 12.1 Å². The van der Waals surface area contributed by atoms with E-state index in [9.17, 15) is 14.7 Å². The number of allylic oxidation sites excluding steroid dienone is 1. The molecule has 0 radical (unpaired) electrons. The zero-order valence-corrected chi connectivity index (χ0v) is 20.3. The van der Waals surface area contributed by atoms with Gasteiger partial charge < -0.3 is 19.5 Å². The number of aromatic hydroxyl groups is 1. The average molecular weight is 465 g/mol. The van der Waals surface area contributed by atoms with Crippen molar-refractivity contribution in [1.82, 2.24) is 4.90 Å². The number of phenolic OH excluding ortho intramolecular Hbond substituents is 1. The van der Waals surface area contributed by atoms with Crippen LogP contribution in [-0.2, 0) is 16.1 Å². The zero-order chi connectivity index (χ0) is 24.4. The normalized spacial score (nSPS) is 17.5. The molecule has 0 aliphatic carbocycles. The number of ether oxygens (including phenoxy) is 2. The molecule has 2 aliphatic rings. The smallest absolute Gasteiger partial charge is 0.309 e. The van der Waals surface area contributed by atoms with Gasteiger partial charge >= 0.3 is 5.97 Å².